The number of hydrogen-bond donors (Lipinski definition) is 1. The summed E-state index contributed by atoms with van der Waals surface area (Å²) in [4.78, 5) is 2.87. The summed E-state index contributed by atoms with van der Waals surface area (Å²) in [6.45, 7) is 12.0. The first-order chi connectivity index (χ1) is 8.61. The molecule has 1 aliphatic carbocycles. The van der Waals surface area contributed by atoms with Gasteiger partial charge in [0.05, 0.1) is 0 Å². The third-order valence-electron chi connectivity index (χ3n) is 5.02. The van der Waals surface area contributed by atoms with Crippen molar-refractivity contribution in [2.24, 2.45) is 11.8 Å². The minimum atomic E-state index is 0.737. The first-order valence-electron chi connectivity index (χ1n) is 8.11. The fraction of sp³-hybridized carbons (Fsp3) is 1.00. The first-order valence-corrected chi connectivity index (χ1v) is 8.11. The fourth-order valence-electron chi connectivity index (χ4n) is 3.92. The van der Waals surface area contributed by atoms with Gasteiger partial charge in [-0.1, -0.05) is 34.1 Å². The normalized spacial score (nSPS) is 38.5. The lowest BCUT2D eigenvalue weighted by Crippen LogP contribution is -2.60. The second-order valence-corrected chi connectivity index (χ2v) is 6.97. The van der Waals surface area contributed by atoms with Crippen molar-refractivity contribution in [1.29, 1.82) is 0 Å². The van der Waals surface area contributed by atoms with Crippen LogP contribution in [0, 0.1) is 11.8 Å². The molecule has 1 saturated heterocycles. The van der Waals surface area contributed by atoms with Crippen molar-refractivity contribution in [1.82, 2.24) is 10.2 Å². The molecule has 1 aliphatic heterocycles. The first kappa shape index (κ1) is 14.3. The van der Waals surface area contributed by atoms with Crippen molar-refractivity contribution in [3.05, 3.63) is 0 Å². The van der Waals surface area contributed by atoms with Gasteiger partial charge in [0.25, 0.3) is 0 Å². The van der Waals surface area contributed by atoms with Crippen LogP contribution in [0.1, 0.15) is 59.8 Å². The molecule has 106 valence electrons. The largest absolute Gasteiger partial charge is 0.311 e. The second-order valence-electron chi connectivity index (χ2n) is 6.97. The number of nitrogens with one attached hydrogen (secondary N) is 1. The van der Waals surface area contributed by atoms with Crippen LogP contribution in [0.2, 0.25) is 0 Å². The molecule has 0 spiro atoms. The summed E-state index contributed by atoms with van der Waals surface area (Å²) in [5, 5.41) is 3.77. The molecule has 2 nitrogen and oxygen atoms in total. The maximum absolute atomic E-state index is 3.77. The Morgan fingerprint density at radius 1 is 1.28 bits per heavy atom. The van der Waals surface area contributed by atoms with E-state index in [1.807, 2.05) is 0 Å². The third-order valence-corrected chi connectivity index (χ3v) is 5.02. The quantitative estimate of drug-likeness (QED) is 0.826. The highest BCUT2D eigenvalue weighted by Crippen LogP contribution is 2.32. The van der Waals surface area contributed by atoms with Crippen LogP contribution in [-0.2, 0) is 0 Å². The van der Waals surface area contributed by atoms with Gasteiger partial charge in [0.15, 0.2) is 0 Å². The maximum atomic E-state index is 3.77. The minimum Gasteiger partial charge on any atom is -0.311 e. The average Bonchev–Trinajstić information content (AvgIpc) is 2.76. The Balaban J connectivity index is 2.00. The molecule has 4 unspecified atom stereocenters. The van der Waals surface area contributed by atoms with E-state index in [0.29, 0.717) is 0 Å². The Morgan fingerprint density at radius 2 is 2.06 bits per heavy atom. The third kappa shape index (κ3) is 3.27. The maximum Gasteiger partial charge on any atom is 0.0247 e. The fourth-order valence-corrected chi connectivity index (χ4v) is 3.92. The van der Waals surface area contributed by atoms with Crippen LogP contribution < -0.4 is 5.32 Å². The van der Waals surface area contributed by atoms with Crippen LogP contribution in [0.25, 0.3) is 0 Å². The standard InChI is InChI=1S/C16H32N2/c1-5-6-14-11-18(15-8-7-13(4)9-15)16(10-17-14)12(2)3/h12-17H,5-11H2,1-4H3. The molecule has 0 aromatic carbocycles. The van der Waals surface area contributed by atoms with Gasteiger partial charge in [-0.2, -0.15) is 0 Å². The lowest BCUT2D eigenvalue weighted by atomic mass is 9.94. The molecule has 0 radical (unpaired) electrons. The van der Waals surface area contributed by atoms with Crippen LogP contribution >= 0.6 is 0 Å². The monoisotopic (exact) mass is 252 g/mol. The number of hydrogen-bond acceptors (Lipinski definition) is 2. The van der Waals surface area contributed by atoms with Crippen molar-refractivity contribution in [2.45, 2.75) is 77.9 Å². The second kappa shape index (κ2) is 6.38. The zero-order valence-electron chi connectivity index (χ0n) is 12.8. The zero-order valence-corrected chi connectivity index (χ0v) is 12.8. The summed E-state index contributed by atoms with van der Waals surface area (Å²) in [6.07, 6.45) is 6.95. The van der Waals surface area contributed by atoms with E-state index < -0.39 is 0 Å². The summed E-state index contributed by atoms with van der Waals surface area (Å²) in [7, 11) is 0. The molecule has 0 bridgehead atoms. The Bertz CT molecular complexity index is 251. The topological polar surface area (TPSA) is 15.3 Å². The van der Waals surface area contributed by atoms with E-state index in [0.717, 1.165) is 30.0 Å². The van der Waals surface area contributed by atoms with Crippen LogP contribution in [-0.4, -0.2) is 36.1 Å². The van der Waals surface area contributed by atoms with Crippen LogP contribution in [0.4, 0.5) is 0 Å². The molecule has 2 aliphatic rings. The van der Waals surface area contributed by atoms with E-state index in [9.17, 15) is 0 Å². The molecule has 0 aromatic heterocycles. The molecule has 0 aromatic rings. The summed E-state index contributed by atoms with van der Waals surface area (Å²) in [5.41, 5.74) is 0. The smallest absolute Gasteiger partial charge is 0.0247 e. The highest BCUT2D eigenvalue weighted by Gasteiger charge is 2.36. The van der Waals surface area contributed by atoms with Gasteiger partial charge in [0, 0.05) is 31.2 Å². The highest BCUT2D eigenvalue weighted by atomic mass is 15.3. The molecular weight excluding hydrogens is 220 g/mol. The van der Waals surface area contributed by atoms with E-state index >= 15 is 0 Å². The van der Waals surface area contributed by atoms with E-state index in [1.165, 1.54) is 45.2 Å². The van der Waals surface area contributed by atoms with Crippen LogP contribution in [0.3, 0.4) is 0 Å². The molecular formula is C16H32N2. The van der Waals surface area contributed by atoms with E-state index in [4.69, 9.17) is 0 Å². The summed E-state index contributed by atoms with van der Waals surface area (Å²) >= 11 is 0. The summed E-state index contributed by atoms with van der Waals surface area (Å²) < 4.78 is 0. The molecule has 2 heteroatoms. The molecule has 1 saturated carbocycles. The zero-order chi connectivity index (χ0) is 13.1. The van der Waals surface area contributed by atoms with Crippen LogP contribution in [0.5, 0.6) is 0 Å². The Morgan fingerprint density at radius 3 is 2.61 bits per heavy atom. The lowest BCUT2D eigenvalue weighted by Gasteiger charge is -2.45. The van der Waals surface area contributed by atoms with Gasteiger partial charge in [-0.25, -0.2) is 0 Å². The minimum absolute atomic E-state index is 0.737. The van der Waals surface area contributed by atoms with Gasteiger partial charge in [-0.3, -0.25) is 4.90 Å². The van der Waals surface area contributed by atoms with Gasteiger partial charge in [-0.05, 0) is 37.5 Å². The van der Waals surface area contributed by atoms with Crippen LogP contribution in [0.15, 0.2) is 0 Å². The Kier molecular flexibility index (Phi) is 5.08. The number of rotatable bonds is 4. The Labute approximate surface area is 114 Å². The van der Waals surface area contributed by atoms with E-state index in [-0.39, 0.29) is 0 Å². The molecule has 4 atom stereocenters. The molecule has 18 heavy (non-hydrogen) atoms. The van der Waals surface area contributed by atoms with E-state index in [1.54, 1.807) is 0 Å². The average molecular weight is 252 g/mol. The van der Waals surface area contributed by atoms with Crippen molar-refractivity contribution in [3.63, 3.8) is 0 Å². The predicted molar refractivity (Wildman–Crippen MR) is 78.8 cm³/mol. The van der Waals surface area contributed by atoms with Crippen molar-refractivity contribution in [2.75, 3.05) is 13.1 Å². The molecule has 2 rings (SSSR count). The molecule has 2 fully saturated rings. The van der Waals surface area contributed by atoms with Gasteiger partial charge < -0.3 is 5.32 Å². The SMILES string of the molecule is CCCC1CN(C2CCC(C)C2)C(C(C)C)CN1. The van der Waals surface area contributed by atoms with Crippen molar-refractivity contribution in [3.8, 4) is 0 Å². The van der Waals surface area contributed by atoms with E-state index in [2.05, 4.69) is 37.9 Å². The predicted octanol–water partition coefficient (Wildman–Crippen LogP) is 3.27. The van der Waals surface area contributed by atoms with Gasteiger partial charge in [0.2, 0.25) is 0 Å². The Hall–Kier alpha value is -0.0800. The van der Waals surface area contributed by atoms with Gasteiger partial charge in [-0.15, -0.1) is 0 Å². The molecule has 0 amide bonds. The van der Waals surface area contributed by atoms with Gasteiger partial charge >= 0.3 is 0 Å². The summed E-state index contributed by atoms with van der Waals surface area (Å²) in [6, 6.07) is 2.36. The number of nitrogens with zero attached hydrogens (tertiary/aromatic N) is 1. The molecule has 1 N–H and O–H groups in total. The lowest BCUT2D eigenvalue weighted by molar-refractivity contribution is 0.0543. The summed E-state index contributed by atoms with van der Waals surface area (Å²) in [5.74, 6) is 1.72. The van der Waals surface area contributed by atoms with Crippen molar-refractivity contribution >= 4 is 0 Å². The highest BCUT2D eigenvalue weighted by molar-refractivity contribution is 4.93. The number of piperazine rings is 1. The van der Waals surface area contributed by atoms with Gasteiger partial charge in [0.1, 0.15) is 0 Å². The van der Waals surface area contributed by atoms with Crippen molar-refractivity contribution < 1.29 is 0 Å². The molecule has 1 heterocycles.